The molecular formula is C25H28N7O2PS3. The molecule has 38 heavy (non-hydrogen) atoms. The highest BCUT2D eigenvalue weighted by Crippen LogP contribution is 2.33. The molecule has 0 spiro atoms. The Kier molecular flexibility index (Phi) is 9.81. The minimum atomic E-state index is -3.46. The van der Waals surface area contributed by atoms with Crippen LogP contribution in [-0.4, -0.2) is 36.8 Å². The minimum absolute atomic E-state index is 0.297. The highest BCUT2D eigenvalue weighted by molar-refractivity contribution is 8.35. The lowest BCUT2D eigenvalue weighted by atomic mass is 10.2. The van der Waals surface area contributed by atoms with Gasteiger partial charge in [-0.05, 0) is 88.3 Å². The lowest BCUT2D eigenvalue weighted by Gasteiger charge is -2.22. The van der Waals surface area contributed by atoms with E-state index in [2.05, 4.69) is 48.9 Å². The molecule has 3 aromatic carbocycles. The molecule has 0 saturated carbocycles. The van der Waals surface area contributed by atoms with Crippen LogP contribution in [0.25, 0.3) is 0 Å². The van der Waals surface area contributed by atoms with Gasteiger partial charge in [0.05, 0.1) is 5.69 Å². The molecule has 0 saturated heterocycles. The number of aromatic nitrogens is 3. The van der Waals surface area contributed by atoms with Crippen molar-refractivity contribution in [3.8, 4) is 0 Å². The first-order valence-electron chi connectivity index (χ1n) is 11.7. The molecule has 4 aromatic rings. The highest BCUT2D eigenvalue weighted by Gasteiger charge is 2.13. The second-order valence-electron chi connectivity index (χ2n) is 7.81. The van der Waals surface area contributed by atoms with Crippen LogP contribution in [0.2, 0.25) is 0 Å². The summed E-state index contributed by atoms with van der Waals surface area (Å²) in [5.41, 5.74) is 7.81. The zero-order valence-corrected chi connectivity index (χ0v) is 24.4. The van der Waals surface area contributed by atoms with Gasteiger partial charge in [-0.1, -0.05) is 36.4 Å². The summed E-state index contributed by atoms with van der Waals surface area (Å²) in [6, 6.07) is 25.2. The maximum absolute atomic E-state index is 12.1. The first-order valence-corrected chi connectivity index (χ1v) is 16.3. The molecule has 0 radical (unpaired) electrons. The Morgan fingerprint density at radius 2 is 1.42 bits per heavy atom. The summed E-state index contributed by atoms with van der Waals surface area (Å²) >= 11 is 2.86. The lowest BCUT2D eigenvalue weighted by Crippen LogP contribution is -2.21. The van der Waals surface area contributed by atoms with Gasteiger partial charge in [0.2, 0.25) is 5.95 Å². The Hall–Kier alpha value is -2.89. The van der Waals surface area contributed by atoms with Crippen LogP contribution in [0.15, 0.2) is 103 Å². The lowest BCUT2D eigenvalue weighted by molar-refractivity contribution is 0.570. The van der Waals surface area contributed by atoms with Crippen molar-refractivity contribution < 1.29 is 8.76 Å². The first kappa shape index (κ1) is 28.1. The van der Waals surface area contributed by atoms with Gasteiger partial charge in [0.25, 0.3) is 0 Å². The van der Waals surface area contributed by atoms with Crippen molar-refractivity contribution in [2.45, 2.75) is 34.0 Å². The predicted octanol–water partition coefficient (Wildman–Crippen LogP) is 6.82. The maximum Gasteiger partial charge on any atom is 0.246 e. The van der Waals surface area contributed by atoms with Gasteiger partial charge < -0.3 is 4.90 Å². The Balaban J connectivity index is 1.64. The summed E-state index contributed by atoms with van der Waals surface area (Å²) in [5.74, 6) is 0.297. The number of hydrogen-bond donors (Lipinski definition) is 3. The number of nitrogens with one attached hydrogen (secondary N) is 2. The highest BCUT2D eigenvalue weighted by atomic mass is 32.7. The van der Waals surface area contributed by atoms with Gasteiger partial charge in [-0.25, -0.2) is 4.21 Å². The fraction of sp³-hybridized carbons (Fsp3) is 0.160. The van der Waals surface area contributed by atoms with Crippen LogP contribution in [0.1, 0.15) is 13.8 Å². The van der Waals surface area contributed by atoms with Gasteiger partial charge in [-0.2, -0.15) is 19.3 Å². The number of hydrogen-bond acceptors (Lipinski definition) is 10. The largest absolute Gasteiger partial charge is 0.372 e. The molecule has 1 aromatic heterocycles. The molecule has 0 amide bonds. The van der Waals surface area contributed by atoms with Gasteiger partial charge in [0, 0.05) is 28.6 Å². The molecule has 2 unspecified atom stereocenters. The van der Waals surface area contributed by atoms with E-state index < -0.39 is 9.63 Å². The third-order valence-electron chi connectivity index (χ3n) is 5.15. The first-order chi connectivity index (χ1) is 18.3. The predicted molar refractivity (Wildman–Crippen MR) is 161 cm³/mol. The smallest absolute Gasteiger partial charge is 0.246 e. The molecule has 9 nitrogen and oxygen atoms in total. The van der Waals surface area contributed by atoms with E-state index in [9.17, 15) is 8.76 Å². The van der Waals surface area contributed by atoms with Crippen molar-refractivity contribution in [1.29, 1.82) is 0 Å². The van der Waals surface area contributed by atoms with E-state index in [0.717, 1.165) is 28.6 Å². The summed E-state index contributed by atoms with van der Waals surface area (Å²) in [7, 11) is -1.59. The molecule has 1 heterocycles. The van der Waals surface area contributed by atoms with Crippen LogP contribution in [0.5, 0.6) is 0 Å². The van der Waals surface area contributed by atoms with E-state index in [4.69, 9.17) is 0 Å². The van der Waals surface area contributed by atoms with Gasteiger partial charge >= 0.3 is 0 Å². The van der Waals surface area contributed by atoms with Gasteiger partial charge in [0.1, 0.15) is 5.69 Å². The second-order valence-corrected chi connectivity index (χ2v) is 13.0. The van der Waals surface area contributed by atoms with Crippen LogP contribution >= 0.6 is 32.0 Å². The van der Waals surface area contributed by atoms with Crippen molar-refractivity contribution in [2.24, 2.45) is 4.36 Å². The third-order valence-corrected chi connectivity index (χ3v) is 7.67. The molecule has 4 rings (SSSR count). The van der Waals surface area contributed by atoms with E-state index >= 15 is 0 Å². The van der Waals surface area contributed by atoms with E-state index in [-0.39, 0.29) is 0 Å². The summed E-state index contributed by atoms with van der Waals surface area (Å²) in [4.78, 5) is 17.9. The molecule has 0 aliphatic rings. The summed E-state index contributed by atoms with van der Waals surface area (Å²) in [6.07, 6.45) is 0. The number of benzene rings is 3. The maximum atomic E-state index is 12.1. The topological polar surface area (TPSA) is 116 Å². The average molecular weight is 586 g/mol. The number of hydrazine groups is 1. The van der Waals surface area contributed by atoms with Crippen molar-refractivity contribution in [3.05, 3.63) is 78.9 Å². The van der Waals surface area contributed by atoms with E-state index in [1.54, 1.807) is 12.1 Å². The standard InChI is InChI=1S/C25H28N7O2PS3/c1-3-32(4-2)18-15-16-21(22(17-18)31-38(33,34)35)29-30-23-26-24(36-19-11-7-5-8-12-19)28-25(27-23)37-20-13-9-6-10-14-20/h5-17,29H,3-4,35H2,1-2H3,(H,31,33,34)(H,26,27,28,30). The third kappa shape index (κ3) is 8.31. The molecule has 0 bridgehead atoms. The number of nitrogens with zero attached hydrogens (tertiary/aromatic N) is 5. The molecule has 3 N–H and O–H groups in total. The monoisotopic (exact) mass is 585 g/mol. The molecule has 0 fully saturated rings. The fourth-order valence-electron chi connectivity index (χ4n) is 3.42. The Morgan fingerprint density at radius 3 is 1.92 bits per heavy atom. The van der Waals surface area contributed by atoms with Crippen LogP contribution < -0.4 is 15.8 Å². The molecule has 0 aliphatic heterocycles. The van der Waals surface area contributed by atoms with Crippen molar-refractivity contribution in [3.63, 3.8) is 0 Å². The Morgan fingerprint density at radius 1 is 0.868 bits per heavy atom. The fourth-order valence-corrected chi connectivity index (χ4v) is 5.79. The minimum Gasteiger partial charge on any atom is -0.372 e. The number of anilines is 3. The van der Waals surface area contributed by atoms with Crippen LogP contribution in [-0.2, 0) is 9.63 Å². The van der Waals surface area contributed by atoms with Crippen LogP contribution in [0, 0.1) is 0 Å². The summed E-state index contributed by atoms with van der Waals surface area (Å²) < 4.78 is 26.0. The quantitative estimate of drug-likeness (QED) is 0.128. The SMILES string of the molecule is CCN(CC)c1ccc(NNc2nc(Sc3ccccc3)nc(Sc3ccccc3)n2)c(N=S(=O)(O)P)c1. The second kappa shape index (κ2) is 13.3. The van der Waals surface area contributed by atoms with Gasteiger partial charge in [-0.3, -0.25) is 15.4 Å². The van der Waals surface area contributed by atoms with Crippen molar-refractivity contribution >= 4 is 64.6 Å². The van der Waals surface area contributed by atoms with Crippen LogP contribution in [0.4, 0.5) is 23.0 Å². The zero-order chi connectivity index (χ0) is 27.0. The van der Waals surface area contributed by atoms with Gasteiger partial charge in [0.15, 0.2) is 19.9 Å². The van der Waals surface area contributed by atoms with E-state index in [1.807, 2.05) is 75.2 Å². The Labute approximate surface area is 233 Å². The molecule has 0 aliphatic carbocycles. The summed E-state index contributed by atoms with van der Waals surface area (Å²) in [5, 5.41) is 1.05. The molecule has 198 valence electrons. The van der Waals surface area contributed by atoms with Crippen molar-refractivity contribution in [2.75, 3.05) is 28.8 Å². The zero-order valence-electron chi connectivity index (χ0n) is 20.8. The summed E-state index contributed by atoms with van der Waals surface area (Å²) in [6.45, 7) is 5.70. The number of rotatable bonds is 11. The average Bonchev–Trinajstić information content (AvgIpc) is 2.89. The molecule has 13 heteroatoms. The van der Waals surface area contributed by atoms with Crippen molar-refractivity contribution in [1.82, 2.24) is 15.0 Å². The molecular weight excluding hydrogens is 557 g/mol. The normalized spacial score (nSPS) is 12.4. The Bertz CT molecular complexity index is 1420. The van der Waals surface area contributed by atoms with Crippen LogP contribution in [0.3, 0.4) is 0 Å². The molecule has 2 atom stereocenters. The van der Waals surface area contributed by atoms with E-state index in [0.29, 0.717) is 27.6 Å². The van der Waals surface area contributed by atoms with Gasteiger partial charge in [-0.15, -0.1) is 0 Å². The van der Waals surface area contributed by atoms with E-state index in [1.165, 1.54) is 23.5 Å².